The van der Waals surface area contributed by atoms with Crippen molar-refractivity contribution in [1.29, 1.82) is 0 Å². The highest BCUT2D eigenvalue weighted by Gasteiger charge is 2.20. The highest BCUT2D eigenvalue weighted by molar-refractivity contribution is 6.31. The third-order valence-electron chi connectivity index (χ3n) is 1.58. The van der Waals surface area contributed by atoms with E-state index in [1.54, 1.807) is 6.08 Å². The third-order valence-corrected chi connectivity index (χ3v) is 1.86. The van der Waals surface area contributed by atoms with Crippen molar-refractivity contribution in [3.05, 3.63) is 33.7 Å². The van der Waals surface area contributed by atoms with Crippen molar-refractivity contribution in [2.45, 2.75) is 6.92 Å². The second kappa shape index (κ2) is 5.26. The number of allylic oxidation sites excluding steroid dienone is 1. The fraction of sp³-hybridized carbons (Fsp3) is 0.250. The molecular weight excluding hydrogens is 220 g/mol. The summed E-state index contributed by atoms with van der Waals surface area (Å²) in [6.45, 7) is 2.30. The second-order valence-corrected chi connectivity index (χ2v) is 2.93. The van der Waals surface area contributed by atoms with Gasteiger partial charge in [-0.2, -0.15) is 0 Å². The fourth-order valence-corrected chi connectivity index (χ4v) is 1.12. The van der Waals surface area contributed by atoms with Crippen LogP contribution in [0.2, 0.25) is 5.15 Å². The summed E-state index contributed by atoms with van der Waals surface area (Å²) in [5, 5.41) is 13.3. The monoisotopic (exact) mass is 228 g/mol. The van der Waals surface area contributed by atoms with Gasteiger partial charge >= 0.3 is 5.69 Å². The Hall–Kier alpha value is -1.69. The summed E-state index contributed by atoms with van der Waals surface area (Å²) in [5.74, 6) is 0.123. The van der Waals surface area contributed by atoms with E-state index in [9.17, 15) is 10.1 Å². The molecule has 0 aliphatic rings. The third kappa shape index (κ3) is 2.88. The molecule has 6 nitrogen and oxygen atoms in total. The number of anilines is 1. The molecule has 80 valence electrons. The van der Waals surface area contributed by atoms with Crippen LogP contribution in [-0.2, 0) is 0 Å². The van der Waals surface area contributed by atoms with Gasteiger partial charge in [-0.1, -0.05) is 23.8 Å². The quantitative estimate of drug-likeness (QED) is 0.369. The molecule has 1 rings (SSSR count). The lowest BCUT2D eigenvalue weighted by Crippen LogP contribution is -2.05. The van der Waals surface area contributed by atoms with E-state index in [1.165, 1.54) is 6.33 Å². The van der Waals surface area contributed by atoms with Crippen LogP contribution in [0, 0.1) is 10.1 Å². The van der Waals surface area contributed by atoms with E-state index in [0.717, 1.165) is 0 Å². The van der Waals surface area contributed by atoms with E-state index in [0.29, 0.717) is 6.54 Å². The summed E-state index contributed by atoms with van der Waals surface area (Å²) >= 11 is 5.59. The maximum absolute atomic E-state index is 10.7. The SMILES string of the molecule is C/C=C/CNc1ncnc(Cl)c1[N+](=O)[O-]. The Morgan fingerprint density at radius 3 is 3.00 bits per heavy atom. The Kier molecular flexibility index (Phi) is 3.99. The molecule has 0 bridgehead atoms. The Bertz CT molecular complexity index is 394. The van der Waals surface area contributed by atoms with Crippen molar-refractivity contribution in [3.63, 3.8) is 0 Å². The standard InChI is InChI=1S/C8H9ClN4O2/c1-2-3-4-10-8-6(13(14)15)7(9)11-5-12-8/h2-3,5H,4H2,1H3,(H,10,11,12)/b3-2+. The van der Waals surface area contributed by atoms with Gasteiger partial charge in [-0.25, -0.2) is 9.97 Å². The number of nitro groups is 1. The van der Waals surface area contributed by atoms with Crippen LogP contribution in [-0.4, -0.2) is 21.4 Å². The van der Waals surface area contributed by atoms with Gasteiger partial charge in [0.15, 0.2) is 0 Å². The minimum atomic E-state index is -0.611. The van der Waals surface area contributed by atoms with Gasteiger partial charge in [0.2, 0.25) is 11.0 Å². The van der Waals surface area contributed by atoms with Crippen LogP contribution in [0.4, 0.5) is 11.5 Å². The number of nitrogens with zero attached hydrogens (tertiary/aromatic N) is 3. The first-order chi connectivity index (χ1) is 7.16. The molecule has 0 spiro atoms. The normalized spacial score (nSPS) is 10.5. The molecule has 0 radical (unpaired) electrons. The summed E-state index contributed by atoms with van der Waals surface area (Å²) in [5.41, 5.74) is -0.302. The molecule has 15 heavy (non-hydrogen) atoms. The first-order valence-corrected chi connectivity index (χ1v) is 4.54. The van der Waals surface area contributed by atoms with Crippen molar-refractivity contribution >= 4 is 23.1 Å². The number of rotatable bonds is 4. The second-order valence-electron chi connectivity index (χ2n) is 2.57. The van der Waals surface area contributed by atoms with Gasteiger partial charge in [0.25, 0.3) is 0 Å². The van der Waals surface area contributed by atoms with Gasteiger partial charge in [-0.3, -0.25) is 10.1 Å². The first-order valence-electron chi connectivity index (χ1n) is 4.16. The zero-order valence-electron chi connectivity index (χ0n) is 7.98. The number of hydrogen-bond acceptors (Lipinski definition) is 5. The van der Waals surface area contributed by atoms with Crippen LogP contribution in [0.3, 0.4) is 0 Å². The van der Waals surface area contributed by atoms with E-state index < -0.39 is 4.92 Å². The fourth-order valence-electron chi connectivity index (χ4n) is 0.922. The minimum Gasteiger partial charge on any atom is -0.361 e. The lowest BCUT2D eigenvalue weighted by atomic mass is 10.4. The van der Waals surface area contributed by atoms with Crippen molar-refractivity contribution in [3.8, 4) is 0 Å². The summed E-state index contributed by atoms with van der Waals surface area (Å²) < 4.78 is 0. The number of hydrogen-bond donors (Lipinski definition) is 1. The smallest absolute Gasteiger partial charge is 0.348 e. The molecule has 1 aromatic heterocycles. The molecule has 1 N–H and O–H groups in total. The van der Waals surface area contributed by atoms with Crippen LogP contribution in [0.5, 0.6) is 0 Å². The molecule has 0 unspecified atom stereocenters. The van der Waals surface area contributed by atoms with Crippen molar-refractivity contribution in [2.24, 2.45) is 0 Å². The zero-order chi connectivity index (χ0) is 11.3. The Balaban J connectivity index is 2.95. The predicted octanol–water partition coefficient (Wildman–Crippen LogP) is 2.03. The highest BCUT2D eigenvalue weighted by atomic mass is 35.5. The van der Waals surface area contributed by atoms with Crippen molar-refractivity contribution in [1.82, 2.24) is 9.97 Å². The Labute approximate surface area is 91.1 Å². The van der Waals surface area contributed by atoms with Gasteiger partial charge in [0, 0.05) is 6.54 Å². The van der Waals surface area contributed by atoms with E-state index in [4.69, 9.17) is 11.6 Å². The van der Waals surface area contributed by atoms with E-state index >= 15 is 0 Å². The van der Waals surface area contributed by atoms with Crippen LogP contribution >= 0.6 is 11.6 Å². The highest BCUT2D eigenvalue weighted by Crippen LogP contribution is 2.27. The average Bonchev–Trinajstić information content (AvgIpc) is 2.17. The molecule has 1 heterocycles. The van der Waals surface area contributed by atoms with Gasteiger partial charge in [0.05, 0.1) is 4.92 Å². The molecule has 0 aliphatic carbocycles. The molecule has 0 aliphatic heterocycles. The zero-order valence-corrected chi connectivity index (χ0v) is 8.73. The van der Waals surface area contributed by atoms with Gasteiger partial charge in [-0.05, 0) is 6.92 Å². The van der Waals surface area contributed by atoms with Crippen LogP contribution in [0.25, 0.3) is 0 Å². The Morgan fingerprint density at radius 2 is 2.40 bits per heavy atom. The van der Waals surface area contributed by atoms with E-state index in [2.05, 4.69) is 15.3 Å². The summed E-state index contributed by atoms with van der Waals surface area (Å²) in [4.78, 5) is 17.3. The van der Waals surface area contributed by atoms with Crippen LogP contribution in [0.1, 0.15) is 6.92 Å². The molecule has 7 heteroatoms. The maximum Gasteiger partial charge on any atom is 0.348 e. The van der Waals surface area contributed by atoms with Gasteiger partial charge < -0.3 is 5.32 Å². The molecule has 0 saturated carbocycles. The van der Waals surface area contributed by atoms with Crippen LogP contribution < -0.4 is 5.32 Å². The first kappa shape index (κ1) is 11.4. The van der Waals surface area contributed by atoms with Crippen molar-refractivity contribution in [2.75, 3.05) is 11.9 Å². The molecule has 1 aromatic rings. The maximum atomic E-state index is 10.7. The molecule has 0 amide bonds. The lowest BCUT2D eigenvalue weighted by Gasteiger charge is -2.03. The number of aromatic nitrogens is 2. The number of nitrogens with one attached hydrogen (secondary N) is 1. The summed E-state index contributed by atoms with van der Waals surface area (Å²) in [6, 6.07) is 0. The predicted molar refractivity (Wildman–Crippen MR) is 57.0 cm³/mol. The molecule has 0 atom stereocenters. The average molecular weight is 229 g/mol. The van der Waals surface area contributed by atoms with Gasteiger partial charge in [-0.15, -0.1) is 0 Å². The molecule has 0 aromatic carbocycles. The Morgan fingerprint density at radius 1 is 1.67 bits per heavy atom. The summed E-state index contributed by atoms with van der Waals surface area (Å²) in [6.07, 6.45) is 4.80. The van der Waals surface area contributed by atoms with E-state index in [1.807, 2.05) is 13.0 Å². The number of halogens is 1. The topological polar surface area (TPSA) is 81.0 Å². The summed E-state index contributed by atoms with van der Waals surface area (Å²) in [7, 11) is 0. The van der Waals surface area contributed by atoms with E-state index in [-0.39, 0.29) is 16.7 Å². The molecular formula is C8H9ClN4O2. The van der Waals surface area contributed by atoms with Gasteiger partial charge in [0.1, 0.15) is 6.33 Å². The largest absolute Gasteiger partial charge is 0.361 e. The molecule has 0 fully saturated rings. The van der Waals surface area contributed by atoms with Crippen molar-refractivity contribution < 1.29 is 4.92 Å². The van der Waals surface area contributed by atoms with Crippen LogP contribution in [0.15, 0.2) is 18.5 Å². The molecule has 0 saturated heterocycles. The minimum absolute atomic E-state index is 0.123. The lowest BCUT2D eigenvalue weighted by molar-refractivity contribution is -0.384.